The predicted octanol–water partition coefficient (Wildman–Crippen LogP) is 4.14. The minimum atomic E-state index is 0.296. The molecule has 0 heterocycles. The van der Waals surface area contributed by atoms with Crippen molar-refractivity contribution in [3.63, 3.8) is 0 Å². The summed E-state index contributed by atoms with van der Waals surface area (Å²) in [5.41, 5.74) is 3.11. The van der Waals surface area contributed by atoms with E-state index in [2.05, 4.69) is 60.1 Å². The molecule has 13 heavy (non-hydrogen) atoms. The molecular weight excluding hydrogens is 224 g/mol. The molecule has 0 nitrogen and oxygen atoms in total. The lowest BCUT2D eigenvalue weighted by Crippen LogP contribution is -2.19. The molecule has 68 valence electrons. The van der Waals surface area contributed by atoms with Crippen LogP contribution in [0, 0.1) is 0 Å². The summed E-state index contributed by atoms with van der Waals surface area (Å²) in [6.45, 7) is 4.59. The van der Waals surface area contributed by atoms with Crippen molar-refractivity contribution >= 4 is 22.0 Å². The van der Waals surface area contributed by atoms with E-state index in [1.807, 2.05) is 0 Å². The Bertz CT molecular complexity index is 361. The molecule has 1 aromatic carbocycles. The van der Waals surface area contributed by atoms with Crippen molar-refractivity contribution in [3.05, 3.63) is 39.9 Å². The molecule has 0 fully saturated rings. The van der Waals surface area contributed by atoms with E-state index in [1.165, 1.54) is 11.1 Å². The van der Waals surface area contributed by atoms with Crippen molar-refractivity contribution in [2.45, 2.75) is 25.7 Å². The highest BCUT2D eigenvalue weighted by atomic mass is 79.9. The second-order valence-electron chi connectivity index (χ2n) is 4.22. The van der Waals surface area contributed by atoms with Gasteiger partial charge in [-0.2, -0.15) is 0 Å². The zero-order valence-electron chi connectivity index (χ0n) is 7.97. The van der Waals surface area contributed by atoms with E-state index < -0.39 is 0 Å². The van der Waals surface area contributed by atoms with Crippen molar-refractivity contribution in [1.29, 1.82) is 0 Å². The average molecular weight is 237 g/mol. The van der Waals surface area contributed by atoms with Crippen molar-refractivity contribution in [3.8, 4) is 0 Å². The van der Waals surface area contributed by atoms with Gasteiger partial charge < -0.3 is 0 Å². The molecule has 0 unspecified atom stereocenters. The smallest absolute Gasteiger partial charge is 0.0181 e. The molecule has 0 saturated heterocycles. The van der Waals surface area contributed by atoms with Gasteiger partial charge in [-0.3, -0.25) is 0 Å². The van der Waals surface area contributed by atoms with Crippen LogP contribution in [0.4, 0.5) is 0 Å². The largest absolute Gasteiger partial charge is 0.0831 e. The third kappa shape index (κ3) is 1.58. The molecule has 0 atom stereocenters. The Labute approximate surface area is 87.8 Å². The molecule has 0 aromatic heterocycles. The van der Waals surface area contributed by atoms with Crippen LogP contribution in [0.1, 0.15) is 31.4 Å². The molecule has 0 bridgehead atoms. The molecule has 1 aliphatic rings. The Balaban J connectivity index is 2.61. The standard InChI is InChI=1S/C12H13Br/c1-12(2)7-3-4-9-8-10(13)5-6-11(9)12/h3-6,8H,7H2,1-2H3. The molecule has 0 amide bonds. The van der Waals surface area contributed by atoms with Gasteiger partial charge in [0.25, 0.3) is 0 Å². The van der Waals surface area contributed by atoms with Crippen LogP contribution in [0.2, 0.25) is 0 Å². The van der Waals surface area contributed by atoms with Crippen molar-refractivity contribution < 1.29 is 0 Å². The van der Waals surface area contributed by atoms with Crippen LogP contribution in [0.3, 0.4) is 0 Å². The Hall–Kier alpha value is -0.560. The van der Waals surface area contributed by atoms with Crippen molar-refractivity contribution in [2.24, 2.45) is 0 Å². The van der Waals surface area contributed by atoms with Gasteiger partial charge in [-0.1, -0.05) is 48.0 Å². The fourth-order valence-corrected chi connectivity index (χ4v) is 2.26. The third-order valence-electron chi connectivity index (χ3n) is 2.67. The summed E-state index contributed by atoms with van der Waals surface area (Å²) >= 11 is 3.49. The maximum atomic E-state index is 3.49. The lowest BCUT2D eigenvalue weighted by Gasteiger charge is -2.29. The Morgan fingerprint density at radius 2 is 2.08 bits per heavy atom. The predicted molar refractivity (Wildman–Crippen MR) is 60.8 cm³/mol. The first-order valence-corrected chi connectivity index (χ1v) is 5.35. The fourth-order valence-electron chi connectivity index (χ4n) is 1.88. The molecular formula is C12H13Br. The topological polar surface area (TPSA) is 0 Å². The highest BCUT2D eigenvalue weighted by Gasteiger charge is 2.23. The van der Waals surface area contributed by atoms with Gasteiger partial charge >= 0.3 is 0 Å². The second kappa shape index (κ2) is 2.98. The summed E-state index contributed by atoms with van der Waals surface area (Å²) in [6.07, 6.45) is 5.61. The molecule has 1 aromatic rings. The van der Waals surface area contributed by atoms with E-state index in [-0.39, 0.29) is 0 Å². The monoisotopic (exact) mass is 236 g/mol. The molecule has 0 aliphatic heterocycles. The summed E-state index contributed by atoms with van der Waals surface area (Å²) < 4.78 is 1.16. The van der Waals surface area contributed by atoms with E-state index in [9.17, 15) is 0 Å². The maximum Gasteiger partial charge on any atom is 0.0181 e. The summed E-state index contributed by atoms with van der Waals surface area (Å²) in [4.78, 5) is 0. The van der Waals surface area contributed by atoms with Crippen LogP contribution < -0.4 is 0 Å². The van der Waals surface area contributed by atoms with Gasteiger partial charge in [0.2, 0.25) is 0 Å². The average Bonchev–Trinajstić information content (AvgIpc) is 2.02. The normalized spacial score (nSPS) is 18.4. The van der Waals surface area contributed by atoms with Gasteiger partial charge in [0, 0.05) is 4.47 Å². The zero-order chi connectivity index (χ0) is 9.47. The first-order chi connectivity index (χ1) is 6.09. The molecule has 1 aliphatic carbocycles. The van der Waals surface area contributed by atoms with E-state index in [0.29, 0.717) is 5.41 Å². The Morgan fingerprint density at radius 1 is 1.31 bits per heavy atom. The summed E-state index contributed by atoms with van der Waals surface area (Å²) in [5.74, 6) is 0. The summed E-state index contributed by atoms with van der Waals surface area (Å²) in [5, 5.41) is 0. The van der Waals surface area contributed by atoms with Crippen LogP contribution in [0.25, 0.3) is 6.08 Å². The van der Waals surface area contributed by atoms with Gasteiger partial charge in [-0.15, -0.1) is 0 Å². The minimum Gasteiger partial charge on any atom is -0.0831 e. The first kappa shape index (κ1) is 9.01. The Morgan fingerprint density at radius 3 is 2.85 bits per heavy atom. The summed E-state index contributed by atoms with van der Waals surface area (Å²) in [6, 6.07) is 6.54. The van der Waals surface area contributed by atoms with E-state index >= 15 is 0 Å². The van der Waals surface area contributed by atoms with Gasteiger partial charge in [-0.25, -0.2) is 0 Å². The molecule has 0 N–H and O–H groups in total. The van der Waals surface area contributed by atoms with E-state index in [1.54, 1.807) is 0 Å². The number of benzene rings is 1. The van der Waals surface area contributed by atoms with Gasteiger partial charge in [0.05, 0.1) is 0 Å². The lowest BCUT2D eigenvalue weighted by molar-refractivity contribution is 0.529. The van der Waals surface area contributed by atoms with Crippen LogP contribution in [-0.2, 0) is 5.41 Å². The minimum absolute atomic E-state index is 0.296. The van der Waals surface area contributed by atoms with Crippen LogP contribution in [-0.4, -0.2) is 0 Å². The number of rotatable bonds is 0. The van der Waals surface area contributed by atoms with Crippen LogP contribution >= 0.6 is 15.9 Å². The van der Waals surface area contributed by atoms with Crippen molar-refractivity contribution in [1.82, 2.24) is 0 Å². The SMILES string of the molecule is CC1(C)CC=Cc2cc(Br)ccc21. The Kier molecular flexibility index (Phi) is 2.07. The summed E-state index contributed by atoms with van der Waals surface area (Å²) in [7, 11) is 0. The highest BCUT2D eigenvalue weighted by molar-refractivity contribution is 9.10. The van der Waals surface area contributed by atoms with E-state index in [0.717, 1.165) is 10.9 Å². The number of allylic oxidation sites excluding steroid dienone is 1. The molecule has 0 radical (unpaired) electrons. The first-order valence-electron chi connectivity index (χ1n) is 4.56. The number of halogens is 1. The van der Waals surface area contributed by atoms with Gasteiger partial charge in [0.15, 0.2) is 0 Å². The van der Waals surface area contributed by atoms with Crippen molar-refractivity contribution in [2.75, 3.05) is 0 Å². The molecule has 0 saturated carbocycles. The quantitative estimate of drug-likeness (QED) is 0.636. The second-order valence-corrected chi connectivity index (χ2v) is 5.14. The maximum absolute atomic E-state index is 3.49. The molecule has 2 rings (SSSR count). The number of fused-ring (bicyclic) bond motifs is 1. The fraction of sp³-hybridized carbons (Fsp3) is 0.333. The number of hydrogen-bond acceptors (Lipinski definition) is 0. The molecule has 0 spiro atoms. The molecule has 1 heteroatoms. The van der Waals surface area contributed by atoms with Gasteiger partial charge in [0.1, 0.15) is 0 Å². The third-order valence-corrected chi connectivity index (χ3v) is 3.16. The van der Waals surface area contributed by atoms with Gasteiger partial charge in [-0.05, 0) is 35.1 Å². The van der Waals surface area contributed by atoms with Crippen LogP contribution in [0.5, 0.6) is 0 Å². The lowest BCUT2D eigenvalue weighted by atomic mass is 9.76. The zero-order valence-corrected chi connectivity index (χ0v) is 9.56. The number of hydrogen-bond donors (Lipinski definition) is 0. The van der Waals surface area contributed by atoms with Crippen LogP contribution in [0.15, 0.2) is 28.7 Å². The highest BCUT2D eigenvalue weighted by Crippen LogP contribution is 2.35. The van der Waals surface area contributed by atoms with E-state index in [4.69, 9.17) is 0 Å².